The summed E-state index contributed by atoms with van der Waals surface area (Å²) in [6.07, 6.45) is 0. The Morgan fingerprint density at radius 3 is 2.60 bits per heavy atom. The highest BCUT2D eigenvalue weighted by Crippen LogP contribution is 2.18. The summed E-state index contributed by atoms with van der Waals surface area (Å²) in [7, 11) is 3.27. The minimum Gasteiger partial charge on any atom is -0.494 e. The summed E-state index contributed by atoms with van der Waals surface area (Å²) in [6, 6.07) is 4.91. The van der Waals surface area contributed by atoms with E-state index in [4.69, 9.17) is 4.74 Å². The topological polar surface area (TPSA) is 66.0 Å². The van der Waals surface area contributed by atoms with Gasteiger partial charge in [0.25, 0.3) is 0 Å². The Bertz CT molecular complexity index is 582. The maximum Gasteiger partial charge on any atom is 0.242 e. The smallest absolute Gasteiger partial charge is 0.242 e. The van der Waals surface area contributed by atoms with Crippen molar-refractivity contribution in [1.29, 1.82) is 0 Å². The lowest BCUT2D eigenvalue weighted by Crippen LogP contribution is -2.40. The quantitative estimate of drug-likeness (QED) is 0.368. The van der Waals surface area contributed by atoms with Crippen LogP contribution in [0.4, 0.5) is 4.39 Å². The van der Waals surface area contributed by atoms with E-state index in [0.29, 0.717) is 19.0 Å². The van der Waals surface area contributed by atoms with Crippen LogP contribution in [0, 0.1) is 5.82 Å². The second-order valence-electron chi connectivity index (χ2n) is 5.72. The number of nitrogens with one attached hydrogen (secondary N) is 2. The lowest BCUT2D eigenvalue weighted by Gasteiger charge is -2.22. The van der Waals surface area contributed by atoms with E-state index in [9.17, 15) is 9.18 Å². The highest BCUT2D eigenvalue weighted by molar-refractivity contribution is 14.0. The van der Waals surface area contributed by atoms with E-state index in [0.717, 1.165) is 5.56 Å². The van der Waals surface area contributed by atoms with E-state index in [1.165, 1.54) is 13.2 Å². The fraction of sp³-hybridized carbons (Fsp3) is 0.529. The lowest BCUT2D eigenvalue weighted by molar-refractivity contribution is -0.120. The highest BCUT2D eigenvalue weighted by Gasteiger charge is 2.10. The Hall–Kier alpha value is -1.58. The zero-order valence-corrected chi connectivity index (χ0v) is 17.8. The molecule has 0 unspecified atom stereocenters. The number of ether oxygens (including phenoxy) is 1. The van der Waals surface area contributed by atoms with Gasteiger partial charge in [0.1, 0.15) is 6.54 Å². The van der Waals surface area contributed by atoms with Gasteiger partial charge in [-0.05, 0) is 38.5 Å². The van der Waals surface area contributed by atoms with E-state index in [-0.39, 0.29) is 48.2 Å². The number of hydrogen-bond donors (Lipinski definition) is 2. The van der Waals surface area contributed by atoms with Gasteiger partial charge in [-0.25, -0.2) is 9.38 Å². The lowest BCUT2D eigenvalue weighted by atomic mass is 10.2. The molecule has 0 radical (unpaired) electrons. The number of amides is 1. The Balaban J connectivity index is 0.00000576. The van der Waals surface area contributed by atoms with Crippen LogP contribution in [0.5, 0.6) is 5.75 Å². The van der Waals surface area contributed by atoms with Crippen LogP contribution in [0.1, 0.15) is 26.3 Å². The van der Waals surface area contributed by atoms with E-state index in [2.05, 4.69) is 15.6 Å². The number of halogens is 2. The molecule has 0 fully saturated rings. The number of aliphatic imine (C=N–C) groups is 1. The molecule has 0 saturated carbocycles. The first-order valence-electron chi connectivity index (χ1n) is 7.98. The molecule has 0 aliphatic heterocycles. The summed E-state index contributed by atoms with van der Waals surface area (Å²) in [5.74, 6) is 0.269. The summed E-state index contributed by atoms with van der Waals surface area (Å²) in [5.41, 5.74) is 0.785. The number of nitrogens with zero attached hydrogens (tertiary/aromatic N) is 2. The molecular formula is C17H28FIN4O2. The Morgan fingerprint density at radius 1 is 1.40 bits per heavy atom. The van der Waals surface area contributed by atoms with Crippen LogP contribution in [-0.2, 0) is 11.3 Å². The fourth-order valence-electron chi connectivity index (χ4n) is 2.14. The van der Waals surface area contributed by atoms with Crippen molar-refractivity contribution in [3.05, 3.63) is 29.6 Å². The summed E-state index contributed by atoms with van der Waals surface area (Å²) in [6.45, 7) is 6.92. The largest absolute Gasteiger partial charge is 0.494 e. The molecule has 0 aliphatic rings. The molecule has 0 spiro atoms. The third-order valence-corrected chi connectivity index (χ3v) is 3.15. The van der Waals surface area contributed by atoms with Crippen molar-refractivity contribution in [2.75, 3.05) is 27.2 Å². The van der Waals surface area contributed by atoms with E-state index >= 15 is 0 Å². The molecular weight excluding hydrogens is 438 g/mol. The van der Waals surface area contributed by atoms with Gasteiger partial charge >= 0.3 is 0 Å². The number of rotatable bonds is 7. The van der Waals surface area contributed by atoms with Gasteiger partial charge in [0.15, 0.2) is 17.5 Å². The average molecular weight is 466 g/mol. The molecule has 0 atom stereocenters. The standard InChI is InChI=1S/C17H27FN4O2.HI/c1-6-19-17(20-10-16(23)21-12(2)3)22(4)11-13-7-8-15(24-5)14(18)9-13;/h7-9,12H,6,10-11H2,1-5H3,(H,19,20)(H,21,23);1H. The third-order valence-electron chi connectivity index (χ3n) is 3.15. The molecule has 0 saturated heterocycles. The maximum atomic E-state index is 13.8. The number of hydrogen-bond acceptors (Lipinski definition) is 3. The van der Waals surface area contributed by atoms with Crippen molar-refractivity contribution in [1.82, 2.24) is 15.5 Å². The number of carbonyl (C=O) groups excluding carboxylic acids is 1. The normalized spacial score (nSPS) is 10.9. The zero-order chi connectivity index (χ0) is 18.1. The summed E-state index contributed by atoms with van der Waals surface area (Å²) < 4.78 is 18.7. The zero-order valence-electron chi connectivity index (χ0n) is 15.4. The van der Waals surface area contributed by atoms with Gasteiger partial charge in [0.05, 0.1) is 7.11 Å². The van der Waals surface area contributed by atoms with Gasteiger partial charge in [0, 0.05) is 26.2 Å². The van der Waals surface area contributed by atoms with Crippen molar-refractivity contribution in [2.45, 2.75) is 33.4 Å². The van der Waals surface area contributed by atoms with Crippen LogP contribution in [0.15, 0.2) is 23.2 Å². The van der Waals surface area contributed by atoms with Crippen LogP contribution in [-0.4, -0.2) is 50.1 Å². The van der Waals surface area contributed by atoms with Crippen molar-refractivity contribution >= 4 is 35.8 Å². The molecule has 2 N–H and O–H groups in total. The molecule has 0 heterocycles. The van der Waals surface area contributed by atoms with E-state index < -0.39 is 5.82 Å². The first kappa shape index (κ1) is 23.4. The average Bonchev–Trinajstić information content (AvgIpc) is 2.50. The van der Waals surface area contributed by atoms with Crippen LogP contribution in [0.3, 0.4) is 0 Å². The molecule has 6 nitrogen and oxygen atoms in total. The minimum atomic E-state index is -0.401. The van der Waals surface area contributed by atoms with Gasteiger partial charge in [0.2, 0.25) is 5.91 Å². The minimum absolute atomic E-state index is 0. The SMILES string of the molecule is CCNC(=NCC(=O)NC(C)C)N(C)Cc1ccc(OC)c(F)c1.I. The van der Waals surface area contributed by atoms with Gasteiger partial charge in [-0.2, -0.15) is 0 Å². The molecule has 8 heteroatoms. The number of methoxy groups -OCH3 is 1. The van der Waals surface area contributed by atoms with Gasteiger partial charge in [-0.3, -0.25) is 4.79 Å². The van der Waals surface area contributed by atoms with Crippen LogP contribution in [0.25, 0.3) is 0 Å². The highest BCUT2D eigenvalue weighted by atomic mass is 127. The second kappa shape index (κ2) is 11.9. The van der Waals surface area contributed by atoms with Crippen molar-refractivity contribution in [2.24, 2.45) is 4.99 Å². The van der Waals surface area contributed by atoms with Gasteiger partial charge < -0.3 is 20.3 Å². The Kier molecular flexibility index (Phi) is 11.1. The van der Waals surface area contributed by atoms with E-state index in [1.807, 2.05) is 32.7 Å². The fourth-order valence-corrected chi connectivity index (χ4v) is 2.14. The predicted octanol–water partition coefficient (Wildman–Crippen LogP) is 2.37. The molecule has 1 rings (SSSR count). The number of benzene rings is 1. The van der Waals surface area contributed by atoms with Crippen LogP contribution in [0.2, 0.25) is 0 Å². The summed E-state index contributed by atoms with van der Waals surface area (Å²) >= 11 is 0. The Labute approximate surface area is 166 Å². The third kappa shape index (κ3) is 8.37. The van der Waals surface area contributed by atoms with Gasteiger partial charge in [-0.15, -0.1) is 24.0 Å². The first-order chi connectivity index (χ1) is 11.4. The second-order valence-corrected chi connectivity index (χ2v) is 5.72. The Morgan fingerprint density at radius 2 is 2.08 bits per heavy atom. The number of guanidine groups is 1. The molecule has 142 valence electrons. The first-order valence-corrected chi connectivity index (χ1v) is 7.98. The predicted molar refractivity (Wildman–Crippen MR) is 109 cm³/mol. The van der Waals surface area contributed by atoms with Crippen LogP contribution < -0.4 is 15.4 Å². The monoisotopic (exact) mass is 466 g/mol. The molecule has 0 bridgehead atoms. The molecule has 1 aromatic rings. The van der Waals surface area contributed by atoms with Crippen LogP contribution >= 0.6 is 24.0 Å². The summed E-state index contributed by atoms with van der Waals surface area (Å²) in [5, 5.41) is 5.92. The maximum absolute atomic E-state index is 13.8. The molecule has 0 aromatic heterocycles. The van der Waals surface area contributed by atoms with E-state index in [1.54, 1.807) is 12.1 Å². The molecule has 25 heavy (non-hydrogen) atoms. The van der Waals surface area contributed by atoms with Crippen molar-refractivity contribution in [3.63, 3.8) is 0 Å². The van der Waals surface area contributed by atoms with Crippen molar-refractivity contribution < 1.29 is 13.9 Å². The number of carbonyl (C=O) groups is 1. The molecule has 1 amide bonds. The van der Waals surface area contributed by atoms with Crippen molar-refractivity contribution in [3.8, 4) is 5.75 Å². The summed E-state index contributed by atoms with van der Waals surface area (Å²) in [4.78, 5) is 17.9. The molecule has 0 aliphatic carbocycles. The molecule has 1 aromatic carbocycles. The van der Waals surface area contributed by atoms with Gasteiger partial charge in [-0.1, -0.05) is 6.07 Å².